The molecule has 5 rings (SSSR count). The maximum absolute atomic E-state index is 6.15. The number of likely N-dealkylation sites (tertiary alicyclic amines) is 1. The summed E-state index contributed by atoms with van der Waals surface area (Å²) >= 11 is 0. The molecule has 2 aliphatic heterocycles. The van der Waals surface area contributed by atoms with E-state index in [0.29, 0.717) is 12.6 Å². The first-order valence-corrected chi connectivity index (χ1v) is 11.2. The molecule has 166 valence electrons. The number of guanidine groups is 1. The molecule has 0 bridgehead atoms. The minimum Gasteiger partial charge on any atom is -0.373 e. The maximum Gasteiger partial charge on any atom is 0.194 e. The van der Waals surface area contributed by atoms with Gasteiger partial charge in [0.05, 0.1) is 24.4 Å². The van der Waals surface area contributed by atoms with Gasteiger partial charge in [0.15, 0.2) is 5.96 Å². The van der Waals surface area contributed by atoms with Crippen LogP contribution in [0.4, 0.5) is 0 Å². The standard InChI is InChI=1S/C25H30N6O/c1-26-25(27-16-21-10-5-6-11-22(21)31-13-7-12-28-31)30-18-23-24(19-30)32-15-14-29(23)17-20-8-3-2-4-9-20/h2-13,23-24H,14-19H2,1H3,(H,26,27). The number of hydrogen-bond donors (Lipinski definition) is 1. The van der Waals surface area contributed by atoms with Crippen LogP contribution in [0.1, 0.15) is 11.1 Å². The highest BCUT2D eigenvalue weighted by Crippen LogP contribution is 2.25. The van der Waals surface area contributed by atoms with Crippen LogP contribution in [0.5, 0.6) is 0 Å². The number of ether oxygens (including phenoxy) is 1. The van der Waals surface area contributed by atoms with Gasteiger partial charge in [0, 0.05) is 52.2 Å². The molecule has 0 aliphatic carbocycles. The topological polar surface area (TPSA) is 57.9 Å². The Balaban J connectivity index is 1.25. The van der Waals surface area contributed by atoms with Crippen LogP contribution in [0.25, 0.3) is 5.69 Å². The first-order valence-electron chi connectivity index (χ1n) is 11.2. The van der Waals surface area contributed by atoms with Crippen molar-refractivity contribution in [3.05, 3.63) is 84.2 Å². The Hall–Kier alpha value is -3.16. The van der Waals surface area contributed by atoms with E-state index in [1.165, 1.54) is 11.1 Å². The monoisotopic (exact) mass is 430 g/mol. The van der Waals surface area contributed by atoms with Crippen molar-refractivity contribution in [2.45, 2.75) is 25.2 Å². The van der Waals surface area contributed by atoms with Crippen LogP contribution in [0, 0.1) is 0 Å². The first kappa shape index (κ1) is 20.7. The zero-order valence-corrected chi connectivity index (χ0v) is 18.5. The van der Waals surface area contributed by atoms with E-state index >= 15 is 0 Å². The Morgan fingerprint density at radius 2 is 1.94 bits per heavy atom. The van der Waals surface area contributed by atoms with Crippen molar-refractivity contribution >= 4 is 5.96 Å². The summed E-state index contributed by atoms with van der Waals surface area (Å²) in [5, 5.41) is 7.95. The number of hydrogen-bond acceptors (Lipinski definition) is 4. The lowest BCUT2D eigenvalue weighted by molar-refractivity contribution is -0.0502. The Bertz CT molecular complexity index is 1040. The molecule has 2 atom stereocenters. The van der Waals surface area contributed by atoms with Gasteiger partial charge in [-0.15, -0.1) is 0 Å². The van der Waals surface area contributed by atoms with E-state index in [-0.39, 0.29) is 6.10 Å². The number of nitrogens with one attached hydrogen (secondary N) is 1. The highest BCUT2D eigenvalue weighted by molar-refractivity contribution is 5.80. The zero-order valence-electron chi connectivity index (χ0n) is 18.5. The molecule has 0 saturated carbocycles. The molecule has 2 aromatic carbocycles. The predicted molar refractivity (Wildman–Crippen MR) is 126 cm³/mol. The molecule has 0 radical (unpaired) electrons. The van der Waals surface area contributed by atoms with Gasteiger partial charge in [0.1, 0.15) is 0 Å². The van der Waals surface area contributed by atoms with E-state index in [4.69, 9.17) is 4.74 Å². The number of fused-ring (bicyclic) bond motifs is 1. The predicted octanol–water partition coefficient (Wildman–Crippen LogP) is 2.53. The van der Waals surface area contributed by atoms with E-state index < -0.39 is 0 Å². The summed E-state index contributed by atoms with van der Waals surface area (Å²) in [7, 11) is 1.85. The van der Waals surface area contributed by atoms with E-state index in [0.717, 1.165) is 44.4 Å². The molecule has 0 amide bonds. The Labute approximate surface area is 189 Å². The third-order valence-electron chi connectivity index (χ3n) is 6.34. The third kappa shape index (κ3) is 4.40. The van der Waals surface area contributed by atoms with Crippen molar-refractivity contribution in [3.63, 3.8) is 0 Å². The molecule has 1 N–H and O–H groups in total. The van der Waals surface area contributed by atoms with Crippen LogP contribution in [0.2, 0.25) is 0 Å². The fourth-order valence-electron chi connectivity index (χ4n) is 4.75. The van der Waals surface area contributed by atoms with Crippen molar-refractivity contribution in [1.82, 2.24) is 24.9 Å². The minimum atomic E-state index is 0.211. The van der Waals surface area contributed by atoms with Crippen LogP contribution in [0.15, 0.2) is 78.0 Å². The third-order valence-corrected chi connectivity index (χ3v) is 6.34. The van der Waals surface area contributed by atoms with Crippen LogP contribution in [-0.4, -0.2) is 71.0 Å². The van der Waals surface area contributed by atoms with Gasteiger partial charge in [-0.2, -0.15) is 5.10 Å². The number of aliphatic imine (C=N–C) groups is 1. The van der Waals surface area contributed by atoms with Gasteiger partial charge in [-0.25, -0.2) is 4.68 Å². The SMILES string of the molecule is CN=C(NCc1ccccc1-n1cccn1)N1CC2OCCN(Cc3ccccc3)C2C1. The Morgan fingerprint density at radius 3 is 2.75 bits per heavy atom. The lowest BCUT2D eigenvalue weighted by atomic mass is 10.1. The molecule has 7 heteroatoms. The Kier molecular flexibility index (Phi) is 6.18. The summed E-state index contributed by atoms with van der Waals surface area (Å²) in [4.78, 5) is 9.47. The molecular formula is C25H30N6O. The molecule has 7 nitrogen and oxygen atoms in total. The van der Waals surface area contributed by atoms with E-state index in [1.54, 1.807) is 6.20 Å². The normalized spacial score (nSPS) is 21.5. The van der Waals surface area contributed by atoms with Crippen LogP contribution in [-0.2, 0) is 17.8 Å². The summed E-state index contributed by atoms with van der Waals surface area (Å²) in [6.07, 6.45) is 3.98. The molecule has 3 heterocycles. The van der Waals surface area contributed by atoms with Crippen LogP contribution < -0.4 is 5.32 Å². The van der Waals surface area contributed by atoms with Crippen molar-refractivity contribution in [2.24, 2.45) is 4.99 Å². The van der Waals surface area contributed by atoms with Gasteiger partial charge < -0.3 is 15.0 Å². The van der Waals surface area contributed by atoms with Gasteiger partial charge >= 0.3 is 0 Å². The average molecular weight is 431 g/mol. The van der Waals surface area contributed by atoms with Gasteiger partial charge in [-0.1, -0.05) is 48.5 Å². The number of para-hydroxylation sites is 1. The van der Waals surface area contributed by atoms with Crippen LogP contribution in [0.3, 0.4) is 0 Å². The summed E-state index contributed by atoms with van der Waals surface area (Å²) in [6, 6.07) is 21.3. The quantitative estimate of drug-likeness (QED) is 0.498. The number of aromatic nitrogens is 2. The highest BCUT2D eigenvalue weighted by Gasteiger charge is 2.41. The van der Waals surface area contributed by atoms with Crippen molar-refractivity contribution < 1.29 is 4.74 Å². The van der Waals surface area contributed by atoms with Gasteiger partial charge in [0.2, 0.25) is 0 Å². The second kappa shape index (κ2) is 9.54. The second-order valence-electron chi connectivity index (χ2n) is 8.32. The van der Waals surface area contributed by atoms with Crippen molar-refractivity contribution in [3.8, 4) is 5.69 Å². The molecule has 1 aromatic heterocycles. The van der Waals surface area contributed by atoms with E-state index in [9.17, 15) is 0 Å². The molecule has 2 fully saturated rings. The zero-order chi connectivity index (χ0) is 21.8. The Morgan fingerprint density at radius 1 is 1.09 bits per heavy atom. The maximum atomic E-state index is 6.15. The summed E-state index contributed by atoms with van der Waals surface area (Å²) in [5.74, 6) is 0.915. The minimum absolute atomic E-state index is 0.211. The molecule has 2 saturated heterocycles. The largest absolute Gasteiger partial charge is 0.373 e. The number of nitrogens with zero attached hydrogens (tertiary/aromatic N) is 5. The fraction of sp³-hybridized carbons (Fsp3) is 0.360. The molecule has 0 spiro atoms. The summed E-state index contributed by atoms with van der Waals surface area (Å²) in [5.41, 5.74) is 3.60. The number of benzene rings is 2. The highest BCUT2D eigenvalue weighted by atomic mass is 16.5. The molecule has 3 aromatic rings. The summed E-state index contributed by atoms with van der Waals surface area (Å²) < 4.78 is 8.05. The lowest BCUT2D eigenvalue weighted by Gasteiger charge is -2.36. The second-order valence-corrected chi connectivity index (χ2v) is 8.32. The van der Waals surface area contributed by atoms with E-state index in [1.807, 2.05) is 30.1 Å². The first-order chi connectivity index (χ1) is 15.8. The van der Waals surface area contributed by atoms with Crippen LogP contribution >= 0.6 is 0 Å². The van der Waals surface area contributed by atoms with Gasteiger partial charge in [0.25, 0.3) is 0 Å². The lowest BCUT2D eigenvalue weighted by Crippen LogP contribution is -2.50. The van der Waals surface area contributed by atoms with Crippen molar-refractivity contribution in [2.75, 3.05) is 33.3 Å². The number of morpholine rings is 1. The molecule has 32 heavy (non-hydrogen) atoms. The molecule has 2 aliphatic rings. The smallest absolute Gasteiger partial charge is 0.194 e. The van der Waals surface area contributed by atoms with Crippen molar-refractivity contribution in [1.29, 1.82) is 0 Å². The average Bonchev–Trinajstić information content (AvgIpc) is 3.51. The fourth-order valence-corrected chi connectivity index (χ4v) is 4.75. The van der Waals surface area contributed by atoms with Gasteiger partial charge in [-0.05, 0) is 23.3 Å². The molecular weight excluding hydrogens is 400 g/mol. The number of rotatable bonds is 5. The van der Waals surface area contributed by atoms with Gasteiger partial charge in [-0.3, -0.25) is 9.89 Å². The molecule has 2 unspecified atom stereocenters. The summed E-state index contributed by atoms with van der Waals surface area (Å²) in [6.45, 7) is 5.16. The van der Waals surface area contributed by atoms with E-state index in [2.05, 4.69) is 73.7 Å².